The van der Waals surface area contributed by atoms with Gasteiger partial charge in [-0.1, -0.05) is 36.4 Å². The Morgan fingerprint density at radius 3 is 2.48 bits per heavy atom. The molecule has 0 radical (unpaired) electrons. The van der Waals surface area contributed by atoms with Crippen LogP contribution in [0.1, 0.15) is 22.8 Å². The minimum absolute atomic E-state index is 0.0178. The Balaban J connectivity index is 1.64. The number of benzene rings is 2. The van der Waals surface area contributed by atoms with Gasteiger partial charge in [-0.25, -0.2) is 4.98 Å². The zero-order valence-corrected chi connectivity index (χ0v) is 14.9. The topological polar surface area (TPSA) is 106 Å². The molecule has 1 aromatic heterocycles. The quantitative estimate of drug-likeness (QED) is 0.442. The summed E-state index contributed by atoms with van der Waals surface area (Å²) in [7, 11) is 1.51. The molecule has 7 nitrogen and oxygen atoms in total. The smallest absolute Gasteiger partial charge is 0.254 e. The highest BCUT2D eigenvalue weighted by molar-refractivity contribution is 5.94. The second kappa shape index (κ2) is 8.29. The molecule has 0 aliphatic heterocycles. The highest BCUT2D eigenvalue weighted by Gasteiger charge is 2.19. The standard InChI is InChI=1S/C20H21N5O2/c1-27-18(15-6-8-17(9-7-15)25-11-10-23-13-25)20(26)24-12-14-2-4-16(5-3-14)19(21)22/h2-11,13,18H,12H2,1H3,(H3,21,22)(H,24,26). The van der Waals surface area contributed by atoms with Crippen LogP contribution in [0.2, 0.25) is 0 Å². The zero-order chi connectivity index (χ0) is 19.2. The molecule has 2 aromatic carbocycles. The lowest BCUT2D eigenvalue weighted by Gasteiger charge is -2.16. The molecule has 0 saturated heterocycles. The van der Waals surface area contributed by atoms with Gasteiger partial charge < -0.3 is 20.4 Å². The van der Waals surface area contributed by atoms with Gasteiger partial charge in [0.25, 0.3) is 5.91 Å². The van der Waals surface area contributed by atoms with Crippen molar-refractivity contribution in [1.82, 2.24) is 14.9 Å². The van der Waals surface area contributed by atoms with Crippen LogP contribution in [0.4, 0.5) is 0 Å². The van der Waals surface area contributed by atoms with Crippen LogP contribution in [0.3, 0.4) is 0 Å². The summed E-state index contributed by atoms with van der Waals surface area (Å²) in [6, 6.07) is 14.7. The van der Waals surface area contributed by atoms with E-state index in [4.69, 9.17) is 15.9 Å². The van der Waals surface area contributed by atoms with Crippen LogP contribution in [0.15, 0.2) is 67.3 Å². The largest absolute Gasteiger partial charge is 0.384 e. The van der Waals surface area contributed by atoms with E-state index in [0.717, 1.165) is 16.8 Å². The molecule has 7 heteroatoms. The van der Waals surface area contributed by atoms with E-state index in [2.05, 4.69) is 10.3 Å². The maximum Gasteiger partial charge on any atom is 0.254 e. The molecular weight excluding hydrogens is 342 g/mol. The molecule has 1 unspecified atom stereocenters. The summed E-state index contributed by atoms with van der Waals surface area (Å²) in [4.78, 5) is 16.6. The number of rotatable bonds is 7. The third-order valence-corrected chi connectivity index (χ3v) is 4.20. The number of hydrogen-bond acceptors (Lipinski definition) is 4. The fourth-order valence-corrected chi connectivity index (χ4v) is 2.71. The average Bonchev–Trinajstić information content (AvgIpc) is 3.22. The Labute approximate surface area is 157 Å². The van der Waals surface area contributed by atoms with Crippen molar-refractivity contribution in [1.29, 1.82) is 5.41 Å². The molecule has 0 saturated carbocycles. The summed E-state index contributed by atoms with van der Waals surface area (Å²) in [5.41, 5.74) is 8.73. The number of methoxy groups -OCH3 is 1. The van der Waals surface area contributed by atoms with Gasteiger partial charge in [0.15, 0.2) is 6.10 Å². The number of carbonyl (C=O) groups is 1. The number of carbonyl (C=O) groups excluding carboxylic acids is 1. The molecule has 0 fully saturated rings. The van der Waals surface area contributed by atoms with Crippen LogP contribution in [-0.4, -0.2) is 28.4 Å². The van der Waals surface area contributed by atoms with Crippen LogP contribution in [0, 0.1) is 5.41 Å². The predicted octanol–water partition coefficient (Wildman–Crippen LogP) is 2.16. The first-order chi connectivity index (χ1) is 13.1. The summed E-state index contributed by atoms with van der Waals surface area (Å²) in [6.07, 6.45) is 4.58. The fraction of sp³-hybridized carbons (Fsp3) is 0.150. The molecule has 1 heterocycles. The minimum atomic E-state index is -0.696. The minimum Gasteiger partial charge on any atom is -0.384 e. The lowest BCUT2D eigenvalue weighted by atomic mass is 10.1. The van der Waals surface area contributed by atoms with Crippen molar-refractivity contribution in [3.8, 4) is 5.69 Å². The monoisotopic (exact) mass is 363 g/mol. The summed E-state index contributed by atoms with van der Waals surface area (Å²) in [6.45, 7) is 0.365. The first-order valence-corrected chi connectivity index (χ1v) is 8.40. The van der Waals surface area contributed by atoms with Gasteiger partial charge in [0.1, 0.15) is 5.84 Å². The number of aromatic nitrogens is 2. The Morgan fingerprint density at radius 2 is 1.93 bits per heavy atom. The van der Waals surface area contributed by atoms with Gasteiger partial charge >= 0.3 is 0 Å². The van der Waals surface area contributed by atoms with Crippen molar-refractivity contribution in [2.24, 2.45) is 5.73 Å². The predicted molar refractivity (Wildman–Crippen MR) is 103 cm³/mol. The molecule has 3 aromatic rings. The molecule has 3 rings (SSSR count). The number of hydrogen-bond donors (Lipinski definition) is 3. The van der Waals surface area contributed by atoms with Crippen LogP contribution < -0.4 is 11.1 Å². The van der Waals surface area contributed by atoms with Gasteiger partial charge in [-0.05, 0) is 23.3 Å². The highest BCUT2D eigenvalue weighted by Crippen LogP contribution is 2.19. The molecular formula is C20H21N5O2. The number of amidine groups is 1. The van der Waals surface area contributed by atoms with Gasteiger partial charge in [0.05, 0.1) is 6.33 Å². The summed E-state index contributed by atoms with van der Waals surface area (Å²) in [5, 5.41) is 10.3. The second-order valence-corrected chi connectivity index (χ2v) is 6.01. The number of nitrogens with two attached hydrogens (primary N) is 1. The molecule has 0 bridgehead atoms. The third-order valence-electron chi connectivity index (χ3n) is 4.20. The first-order valence-electron chi connectivity index (χ1n) is 8.40. The number of imidazole rings is 1. The Morgan fingerprint density at radius 1 is 1.22 bits per heavy atom. The van der Waals surface area contributed by atoms with Crippen molar-refractivity contribution in [2.75, 3.05) is 7.11 Å². The molecule has 1 atom stereocenters. The second-order valence-electron chi connectivity index (χ2n) is 6.01. The molecule has 1 amide bonds. The SMILES string of the molecule is COC(C(=O)NCc1ccc(C(=N)N)cc1)c1ccc(-n2ccnc2)cc1. The van der Waals surface area contributed by atoms with Crippen molar-refractivity contribution < 1.29 is 9.53 Å². The molecule has 27 heavy (non-hydrogen) atoms. The van der Waals surface area contributed by atoms with E-state index in [-0.39, 0.29) is 11.7 Å². The van der Waals surface area contributed by atoms with E-state index in [9.17, 15) is 4.79 Å². The van der Waals surface area contributed by atoms with Crippen LogP contribution in [0.5, 0.6) is 0 Å². The maximum atomic E-state index is 12.5. The Hall–Kier alpha value is -3.45. The number of nitrogen functional groups attached to an aromatic ring is 1. The van der Waals surface area contributed by atoms with Crippen LogP contribution in [-0.2, 0) is 16.1 Å². The van der Waals surface area contributed by atoms with Crippen LogP contribution in [0.25, 0.3) is 5.69 Å². The zero-order valence-electron chi connectivity index (χ0n) is 14.9. The number of amides is 1. The van der Waals surface area contributed by atoms with Gasteiger partial charge in [0.2, 0.25) is 0 Å². The van der Waals surface area contributed by atoms with E-state index in [1.165, 1.54) is 7.11 Å². The Kier molecular flexibility index (Phi) is 5.63. The fourth-order valence-electron chi connectivity index (χ4n) is 2.71. The van der Waals surface area contributed by atoms with E-state index < -0.39 is 6.10 Å². The van der Waals surface area contributed by atoms with E-state index >= 15 is 0 Å². The van der Waals surface area contributed by atoms with Crippen molar-refractivity contribution in [3.63, 3.8) is 0 Å². The summed E-state index contributed by atoms with van der Waals surface area (Å²) >= 11 is 0. The van der Waals surface area contributed by atoms with E-state index in [1.807, 2.05) is 47.2 Å². The van der Waals surface area contributed by atoms with Crippen molar-refractivity contribution >= 4 is 11.7 Å². The summed E-state index contributed by atoms with van der Waals surface area (Å²) < 4.78 is 7.28. The molecule has 0 aliphatic rings. The molecule has 4 N–H and O–H groups in total. The molecule has 0 aliphatic carbocycles. The van der Waals surface area contributed by atoms with E-state index in [0.29, 0.717) is 12.1 Å². The lowest BCUT2D eigenvalue weighted by molar-refractivity contribution is -0.131. The molecule has 138 valence electrons. The van der Waals surface area contributed by atoms with E-state index in [1.54, 1.807) is 24.7 Å². The first kappa shape index (κ1) is 18.3. The normalized spacial score (nSPS) is 11.7. The van der Waals surface area contributed by atoms with Gasteiger partial charge in [-0.2, -0.15) is 0 Å². The van der Waals surface area contributed by atoms with Gasteiger partial charge in [0, 0.05) is 37.3 Å². The number of nitrogens with one attached hydrogen (secondary N) is 2. The van der Waals surface area contributed by atoms with Crippen LogP contribution >= 0.6 is 0 Å². The lowest BCUT2D eigenvalue weighted by Crippen LogP contribution is -2.30. The molecule has 0 spiro atoms. The number of nitrogens with zero attached hydrogens (tertiary/aromatic N) is 2. The maximum absolute atomic E-state index is 12.5. The van der Waals surface area contributed by atoms with Crippen molar-refractivity contribution in [3.05, 3.63) is 83.9 Å². The number of ether oxygens (including phenoxy) is 1. The van der Waals surface area contributed by atoms with Gasteiger partial charge in [-0.3, -0.25) is 10.2 Å². The highest BCUT2D eigenvalue weighted by atomic mass is 16.5. The average molecular weight is 363 g/mol. The third kappa shape index (κ3) is 4.39. The van der Waals surface area contributed by atoms with Gasteiger partial charge in [-0.15, -0.1) is 0 Å². The Bertz CT molecular complexity index is 903. The van der Waals surface area contributed by atoms with Crippen molar-refractivity contribution in [2.45, 2.75) is 12.6 Å². The summed E-state index contributed by atoms with van der Waals surface area (Å²) in [5.74, 6) is -0.201.